The average Bonchev–Trinajstić information content (AvgIpc) is 3.53. The van der Waals surface area contributed by atoms with Crippen LogP contribution in [0.2, 0.25) is 0 Å². The number of ether oxygens (including phenoxy) is 1. The fourth-order valence-electron chi connectivity index (χ4n) is 3.66. The van der Waals surface area contributed by atoms with Gasteiger partial charge in [-0.15, -0.1) is 0 Å². The second-order valence-electron chi connectivity index (χ2n) is 8.77. The van der Waals surface area contributed by atoms with E-state index in [2.05, 4.69) is 10.6 Å². The number of carboxylic acids is 1. The molecule has 0 radical (unpaired) electrons. The van der Waals surface area contributed by atoms with E-state index in [-0.39, 0.29) is 42.3 Å². The van der Waals surface area contributed by atoms with E-state index in [4.69, 9.17) is 15.3 Å². The van der Waals surface area contributed by atoms with Crippen LogP contribution in [0.5, 0.6) is 5.75 Å². The first-order valence-corrected chi connectivity index (χ1v) is 11.1. The Hall–Kier alpha value is -3.69. The van der Waals surface area contributed by atoms with Crippen molar-refractivity contribution in [2.24, 2.45) is 5.92 Å². The summed E-state index contributed by atoms with van der Waals surface area (Å²) >= 11 is 0. The van der Waals surface area contributed by atoms with Crippen molar-refractivity contribution < 1.29 is 28.6 Å². The molecule has 1 saturated carbocycles. The zero-order chi connectivity index (χ0) is 24.8. The van der Waals surface area contributed by atoms with Crippen molar-refractivity contribution in [3.8, 4) is 5.75 Å². The monoisotopic (exact) mass is 472 g/mol. The summed E-state index contributed by atoms with van der Waals surface area (Å²) in [6.07, 6.45) is 5.94. The average molecular weight is 473 g/mol. The Morgan fingerprint density at radius 3 is 2.74 bits per heavy atom. The number of amidine groups is 1. The van der Waals surface area contributed by atoms with Crippen molar-refractivity contribution in [2.45, 2.75) is 45.1 Å². The Balaban J connectivity index is 1.65. The zero-order valence-electron chi connectivity index (χ0n) is 19.1. The van der Waals surface area contributed by atoms with Crippen LogP contribution in [0.4, 0.5) is 4.39 Å². The number of benzene rings is 1. The number of halogens is 1. The summed E-state index contributed by atoms with van der Waals surface area (Å²) in [6.45, 7) is 3.49. The molecule has 0 spiro atoms. The number of carbonyl (C=O) groups is 3. The maximum atomic E-state index is 14.8. The quantitative estimate of drug-likeness (QED) is 0.289. The molecule has 4 N–H and O–H groups in total. The number of nitrogens with one attached hydrogen (secondary N) is 3. The standard InChI is InChI=1S/C24H29FN4O5/c1-14(2)10-18(24(33)28-20(26)8-9-27-12-22(31)32)29-13-16(11-21(29)30)34-19-5-3-4-17(23(19)25)15-6-7-15/h3-5,8-9,11,14-15,18,27H,6-7,10,12-13H2,1-2H3,(H,31,32)(H2,26,28,33)/b9-8-. The van der Waals surface area contributed by atoms with Crippen LogP contribution >= 0.6 is 0 Å². The molecule has 0 saturated heterocycles. The number of rotatable bonds is 11. The molecule has 1 aliphatic carbocycles. The normalized spacial score (nSPS) is 16.5. The molecule has 1 aromatic carbocycles. The molecule has 0 bridgehead atoms. The third kappa shape index (κ3) is 6.66. The SMILES string of the molecule is CC(C)CC(C(=O)NC(=N)/C=C\NCC(=O)O)N1CC(Oc2cccc(C3CC3)c2F)=CC1=O. The van der Waals surface area contributed by atoms with Gasteiger partial charge in [-0.25, -0.2) is 4.39 Å². The van der Waals surface area contributed by atoms with E-state index in [0.29, 0.717) is 12.0 Å². The lowest BCUT2D eigenvalue weighted by Gasteiger charge is -2.28. The highest BCUT2D eigenvalue weighted by Crippen LogP contribution is 2.43. The molecule has 34 heavy (non-hydrogen) atoms. The number of carbonyl (C=O) groups excluding carboxylic acids is 2. The third-order valence-corrected chi connectivity index (χ3v) is 5.40. The topological polar surface area (TPSA) is 132 Å². The second-order valence-corrected chi connectivity index (χ2v) is 8.77. The highest BCUT2D eigenvalue weighted by Gasteiger charge is 2.35. The molecule has 3 rings (SSSR count). The molecular formula is C24H29FN4O5. The van der Waals surface area contributed by atoms with Gasteiger partial charge in [-0.05, 0) is 48.8 Å². The van der Waals surface area contributed by atoms with Gasteiger partial charge in [-0.3, -0.25) is 19.8 Å². The number of nitrogens with zero attached hydrogens (tertiary/aromatic N) is 1. The first kappa shape index (κ1) is 24.9. The van der Waals surface area contributed by atoms with E-state index in [1.54, 1.807) is 12.1 Å². The lowest BCUT2D eigenvalue weighted by molar-refractivity contribution is -0.135. The molecule has 1 fully saturated rings. The van der Waals surface area contributed by atoms with E-state index in [1.807, 2.05) is 13.8 Å². The molecule has 2 amide bonds. The molecular weight excluding hydrogens is 443 g/mol. The molecule has 1 aliphatic heterocycles. The van der Waals surface area contributed by atoms with Crippen LogP contribution in [0.3, 0.4) is 0 Å². The predicted molar refractivity (Wildman–Crippen MR) is 123 cm³/mol. The minimum absolute atomic E-state index is 0.0000753. The Kier molecular flexibility index (Phi) is 8.04. The Morgan fingerprint density at radius 2 is 2.09 bits per heavy atom. The van der Waals surface area contributed by atoms with Gasteiger partial charge in [0.25, 0.3) is 5.91 Å². The highest BCUT2D eigenvalue weighted by molar-refractivity contribution is 6.05. The summed E-state index contributed by atoms with van der Waals surface area (Å²) < 4.78 is 20.5. The van der Waals surface area contributed by atoms with Crippen LogP contribution in [0.15, 0.2) is 42.3 Å². The molecule has 1 unspecified atom stereocenters. The predicted octanol–water partition coefficient (Wildman–Crippen LogP) is 2.50. The summed E-state index contributed by atoms with van der Waals surface area (Å²) in [7, 11) is 0. The molecule has 1 atom stereocenters. The van der Waals surface area contributed by atoms with Gasteiger partial charge in [-0.1, -0.05) is 26.0 Å². The van der Waals surface area contributed by atoms with Crippen LogP contribution in [-0.4, -0.2) is 52.8 Å². The molecule has 9 nitrogen and oxygen atoms in total. The minimum atomic E-state index is -1.06. The van der Waals surface area contributed by atoms with Crippen molar-refractivity contribution in [3.63, 3.8) is 0 Å². The fraction of sp³-hybridized carbons (Fsp3) is 0.417. The maximum absolute atomic E-state index is 14.8. The second kappa shape index (κ2) is 11.0. The van der Waals surface area contributed by atoms with Crippen molar-refractivity contribution in [3.05, 3.63) is 53.7 Å². The van der Waals surface area contributed by atoms with Gasteiger partial charge < -0.3 is 25.4 Å². The van der Waals surface area contributed by atoms with E-state index < -0.39 is 29.6 Å². The molecule has 1 heterocycles. The van der Waals surface area contributed by atoms with Crippen LogP contribution in [0.25, 0.3) is 0 Å². The van der Waals surface area contributed by atoms with E-state index in [9.17, 15) is 18.8 Å². The Labute approximate surface area is 197 Å². The van der Waals surface area contributed by atoms with Crippen LogP contribution in [0, 0.1) is 17.1 Å². The first-order chi connectivity index (χ1) is 16.2. The number of hydrogen-bond acceptors (Lipinski definition) is 6. The molecule has 1 aromatic rings. The van der Waals surface area contributed by atoms with Crippen molar-refractivity contribution in [2.75, 3.05) is 13.1 Å². The van der Waals surface area contributed by atoms with Gasteiger partial charge >= 0.3 is 5.97 Å². The molecule has 2 aliphatic rings. The Morgan fingerprint density at radius 1 is 1.35 bits per heavy atom. The summed E-state index contributed by atoms with van der Waals surface area (Å²) in [4.78, 5) is 37.4. The summed E-state index contributed by atoms with van der Waals surface area (Å²) in [5.74, 6) is -2.15. The highest BCUT2D eigenvalue weighted by atomic mass is 19.1. The largest absolute Gasteiger partial charge is 0.480 e. The van der Waals surface area contributed by atoms with Crippen molar-refractivity contribution in [1.82, 2.24) is 15.5 Å². The van der Waals surface area contributed by atoms with E-state index in [1.165, 1.54) is 29.3 Å². The van der Waals surface area contributed by atoms with Gasteiger partial charge in [0.15, 0.2) is 11.6 Å². The third-order valence-electron chi connectivity index (χ3n) is 5.40. The van der Waals surface area contributed by atoms with Crippen molar-refractivity contribution in [1.29, 1.82) is 5.41 Å². The van der Waals surface area contributed by atoms with Gasteiger partial charge in [0.1, 0.15) is 24.2 Å². The molecule has 182 valence electrons. The summed E-state index contributed by atoms with van der Waals surface area (Å²) in [5.41, 5.74) is 0.612. The van der Waals surface area contributed by atoms with E-state index >= 15 is 0 Å². The molecule has 10 heteroatoms. The minimum Gasteiger partial charge on any atom is -0.480 e. The smallest absolute Gasteiger partial charge is 0.322 e. The van der Waals surface area contributed by atoms with Crippen LogP contribution in [0.1, 0.15) is 44.6 Å². The lowest BCUT2D eigenvalue weighted by atomic mass is 10.0. The Bertz CT molecular complexity index is 1030. The lowest BCUT2D eigenvalue weighted by Crippen LogP contribution is -2.49. The van der Waals surface area contributed by atoms with Gasteiger partial charge in [0.05, 0.1) is 6.54 Å². The fourth-order valence-corrected chi connectivity index (χ4v) is 3.66. The number of carboxylic acid groups (broad SMARTS) is 1. The number of hydrogen-bond donors (Lipinski definition) is 4. The summed E-state index contributed by atoms with van der Waals surface area (Å²) in [5, 5.41) is 21.4. The van der Waals surface area contributed by atoms with Crippen LogP contribution < -0.4 is 15.4 Å². The first-order valence-electron chi connectivity index (χ1n) is 11.1. The zero-order valence-corrected chi connectivity index (χ0v) is 19.1. The van der Waals surface area contributed by atoms with Crippen molar-refractivity contribution >= 4 is 23.6 Å². The van der Waals surface area contributed by atoms with E-state index in [0.717, 1.165) is 12.8 Å². The molecule has 0 aromatic heterocycles. The van der Waals surface area contributed by atoms with Gasteiger partial charge in [-0.2, -0.15) is 0 Å². The van der Waals surface area contributed by atoms with Crippen LogP contribution in [-0.2, 0) is 14.4 Å². The van der Waals surface area contributed by atoms with Gasteiger partial charge in [0.2, 0.25) is 5.91 Å². The van der Waals surface area contributed by atoms with Gasteiger partial charge in [0, 0.05) is 12.3 Å². The maximum Gasteiger partial charge on any atom is 0.322 e. The summed E-state index contributed by atoms with van der Waals surface area (Å²) in [6, 6.07) is 4.11. The number of aliphatic carboxylic acids is 1. The number of amides is 2.